The van der Waals surface area contributed by atoms with Crippen molar-refractivity contribution in [3.8, 4) is 0 Å². The summed E-state index contributed by atoms with van der Waals surface area (Å²) in [6.07, 6.45) is 0.859. The number of hydrogen-bond acceptors (Lipinski definition) is 1. The van der Waals surface area contributed by atoms with Crippen LogP contribution in [0.1, 0.15) is 21.5 Å². The summed E-state index contributed by atoms with van der Waals surface area (Å²) in [5, 5.41) is 0. The van der Waals surface area contributed by atoms with Crippen LogP contribution in [0.5, 0.6) is 0 Å². The number of hydrogen-bond donors (Lipinski definition) is 0. The summed E-state index contributed by atoms with van der Waals surface area (Å²) in [6, 6.07) is 5.94. The maximum absolute atomic E-state index is 11.6. The quantitative estimate of drug-likeness (QED) is 0.534. The van der Waals surface area contributed by atoms with Crippen LogP contribution in [-0.4, -0.2) is 25.2 Å². The third-order valence-corrected chi connectivity index (χ3v) is 2.38. The molecule has 0 saturated carbocycles. The van der Waals surface area contributed by atoms with Crippen LogP contribution in [-0.2, 0) is 6.42 Å². The van der Waals surface area contributed by atoms with Gasteiger partial charge in [0.05, 0.1) is 0 Å². The molecule has 1 aromatic rings. The van der Waals surface area contributed by atoms with E-state index in [0.717, 1.165) is 23.1 Å². The molecule has 0 fully saturated rings. The van der Waals surface area contributed by atoms with Crippen molar-refractivity contribution in [2.45, 2.75) is 13.3 Å². The first-order valence-corrected chi connectivity index (χ1v) is 4.34. The minimum Gasteiger partial charge on any atom is -0.392 e. The Morgan fingerprint density at radius 3 is 3.00 bits per heavy atom. The van der Waals surface area contributed by atoms with Crippen LogP contribution in [0.25, 0.3) is 0 Å². The van der Waals surface area contributed by atoms with Crippen LogP contribution in [0, 0.1) is 6.92 Å². The molecule has 0 aromatic heterocycles. The largest absolute Gasteiger partial charge is 0.392 e. The second kappa shape index (κ2) is 2.91. The molecule has 1 amide bonds. The molecule has 0 saturated heterocycles. The van der Waals surface area contributed by atoms with Crippen LogP contribution in [0.15, 0.2) is 18.2 Å². The van der Waals surface area contributed by atoms with Crippen LogP contribution in [0.3, 0.4) is 0 Å². The highest BCUT2D eigenvalue weighted by Gasteiger charge is 2.20. The summed E-state index contributed by atoms with van der Waals surface area (Å²) in [4.78, 5) is 12.8. The van der Waals surface area contributed by atoms with Gasteiger partial charge in [0, 0.05) is 12.1 Å². The van der Waals surface area contributed by atoms with Gasteiger partial charge in [-0.05, 0) is 25.0 Å². The molecule has 0 unspecified atom stereocenters. The van der Waals surface area contributed by atoms with Crippen LogP contribution >= 0.6 is 0 Å². The van der Waals surface area contributed by atoms with E-state index in [2.05, 4.69) is 0 Å². The number of nitrogens with zero attached hydrogens (tertiary/aromatic N) is 1. The van der Waals surface area contributed by atoms with Gasteiger partial charge in [0.2, 0.25) is 13.9 Å². The first kappa shape index (κ1) is 8.36. The molecule has 0 aliphatic carbocycles. The number of benzene rings is 1. The molecule has 0 N–H and O–H groups in total. The third-order valence-electron chi connectivity index (χ3n) is 2.38. The van der Waals surface area contributed by atoms with Gasteiger partial charge in [-0.15, -0.1) is 0 Å². The van der Waals surface area contributed by atoms with Gasteiger partial charge in [0.1, 0.15) is 0 Å². The van der Waals surface area contributed by atoms with E-state index in [-0.39, 0.29) is 5.91 Å². The molecule has 0 atom stereocenters. The van der Waals surface area contributed by atoms with E-state index in [1.165, 1.54) is 4.81 Å². The van der Waals surface area contributed by atoms with Crippen molar-refractivity contribution in [1.29, 1.82) is 0 Å². The van der Waals surface area contributed by atoms with Crippen molar-refractivity contribution < 1.29 is 4.79 Å². The number of amides is 1. The lowest BCUT2D eigenvalue weighted by atomic mass is 9.95. The molecule has 1 heterocycles. The van der Waals surface area contributed by atoms with Crippen molar-refractivity contribution >= 4 is 13.9 Å². The van der Waals surface area contributed by atoms with Crippen molar-refractivity contribution in [3.63, 3.8) is 0 Å². The second-order valence-corrected chi connectivity index (χ2v) is 3.41. The fraction of sp³-hybridized carbons (Fsp3) is 0.300. The molecule has 13 heavy (non-hydrogen) atoms. The summed E-state index contributed by atoms with van der Waals surface area (Å²) in [7, 11) is 5.53. The van der Waals surface area contributed by atoms with E-state index in [9.17, 15) is 4.79 Å². The fourth-order valence-corrected chi connectivity index (χ4v) is 1.60. The number of fused-ring (bicyclic) bond motifs is 1. The maximum Gasteiger partial charge on any atom is 0.241 e. The van der Waals surface area contributed by atoms with E-state index < -0.39 is 0 Å². The van der Waals surface area contributed by atoms with E-state index in [4.69, 9.17) is 7.98 Å². The van der Waals surface area contributed by atoms with Crippen molar-refractivity contribution in [1.82, 2.24) is 4.81 Å². The van der Waals surface area contributed by atoms with Gasteiger partial charge >= 0.3 is 0 Å². The average molecular weight is 171 g/mol. The van der Waals surface area contributed by atoms with Gasteiger partial charge in [0.25, 0.3) is 0 Å². The predicted octanol–water partition coefficient (Wildman–Crippen LogP) is 1.08. The monoisotopic (exact) mass is 171 g/mol. The molecule has 0 bridgehead atoms. The van der Waals surface area contributed by atoms with Crippen molar-refractivity contribution in [2.24, 2.45) is 0 Å². The maximum atomic E-state index is 11.6. The molecular formula is C10H10BNO. The second-order valence-electron chi connectivity index (χ2n) is 3.41. The van der Waals surface area contributed by atoms with Gasteiger partial charge < -0.3 is 4.81 Å². The Morgan fingerprint density at radius 2 is 2.23 bits per heavy atom. The Kier molecular flexibility index (Phi) is 1.87. The van der Waals surface area contributed by atoms with Crippen molar-refractivity contribution in [2.75, 3.05) is 6.54 Å². The van der Waals surface area contributed by atoms with Crippen LogP contribution < -0.4 is 0 Å². The summed E-state index contributed by atoms with van der Waals surface area (Å²) in [5.74, 6) is -0.0649. The molecular weight excluding hydrogens is 161 g/mol. The lowest BCUT2D eigenvalue weighted by molar-refractivity contribution is 0.0851. The lowest BCUT2D eigenvalue weighted by Crippen LogP contribution is -2.35. The summed E-state index contributed by atoms with van der Waals surface area (Å²) in [6.45, 7) is 2.60. The van der Waals surface area contributed by atoms with Crippen LogP contribution in [0.2, 0.25) is 0 Å². The molecule has 64 valence electrons. The zero-order valence-corrected chi connectivity index (χ0v) is 7.58. The Bertz CT molecular complexity index is 362. The minimum absolute atomic E-state index is 0.0649. The Labute approximate surface area is 79.0 Å². The standard InChI is InChI=1S/C10H10BNO/c1-7-2-3-8-4-5-12(11)10(13)9(8)6-7/h2-3,6H,4-5H2,1H3. The van der Waals surface area contributed by atoms with Crippen LogP contribution in [0.4, 0.5) is 0 Å². The Morgan fingerprint density at radius 1 is 1.46 bits per heavy atom. The molecule has 2 radical (unpaired) electrons. The average Bonchev–Trinajstić information content (AvgIpc) is 2.12. The van der Waals surface area contributed by atoms with Gasteiger partial charge in [0.15, 0.2) is 0 Å². The number of aryl methyl sites for hydroxylation is 1. The first-order chi connectivity index (χ1) is 6.18. The smallest absolute Gasteiger partial charge is 0.241 e. The summed E-state index contributed by atoms with van der Waals surface area (Å²) in [5.41, 5.74) is 2.97. The molecule has 1 aliphatic heterocycles. The predicted molar refractivity (Wildman–Crippen MR) is 51.7 cm³/mol. The van der Waals surface area contributed by atoms with E-state index in [1.54, 1.807) is 0 Å². The van der Waals surface area contributed by atoms with Gasteiger partial charge in [-0.25, -0.2) is 0 Å². The molecule has 2 rings (SSSR count). The molecule has 3 heteroatoms. The number of rotatable bonds is 0. The Balaban J connectivity index is 2.51. The minimum atomic E-state index is -0.0649. The van der Waals surface area contributed by atoms with Gasteiger partial charge in [-0.2, -0.15) is 0 Å². The highest BCUT2D eigenvalue weighted by atomic mass is 16.2. The molecule has 2 nitrogen and oxygen atoms in total. The SMILES string of the molecule is [B]N1CCc2ccc(C)cc2C1=O. The van der Waals surface area contributed by atoms with Crippen molar-refractivity contribution in [3.05, 3.63) is 34.9 Å². The zero-order chi connectivity index (χ0) is 9.42. The third kappa shape index (κ3) is 1.35. The first-order valence-electron chi connectivity index (χ1n) is 4.34. The topological polar surface area (TPSA) is 20.3 Å². The fourth-order valence-electron chi connectivity index (χ4n) is 1.60. The molecule has 0 spiro atoms. The summed E-state index contributed by atoms with van der Waals surface area (Å²) >= 11 is 0. The van der Waals surface area contributed by atoms with Gasteiger partial charge in [-0.3, -0.25) is 4.79 Å². The van der Waals surface area contributed by atoms with E-state index >= 15 is 0 Å². The summed E-state index contributed by atoms with van der Waals surface area (Å²) < 4.78 is 0. The zero-order valence-electron chi connectivity index (χ0n) is 7.58. The molecule has 1 aromatic carbocycles. The number of carbonyl (C=O) groups excluding carboxylic acids is 1. The van der Waals surface area contributed by atoms with E-state index in [0.29, 0.717) is 6.54 Å². The number of carbonyl (C=O) groups is 1. The highest BCUT2D eigenvalue weighted by Crippen LogP contribution is 2.18. The molecule has 1 aliphatic rings. The van der Waals surface area contributed by atoms with E-state index in [1.807, 2.05) is 25.1 Å². The van der Waals surface area contributed by atoms with Gasteiger partial charge in [-0.1, -0.05) is 17.7 Å². The lowest BCUT2D eigenvalue weighted by Gasteiger charge is -2.25. The Hall–Kier alpha value is -1.25. The normalized spacial score (nSPS) is 15.8. The highest BCUT2D eigenvalue weighted by molar-refractivity contribution is 6.19.